The number of carboxylic acid groups (broad SMARTS) is 1. The monoisotopic (exact) mass is 630 g/mol. The predicted molar refractivity (Wildman–Crippen MR) is 144 cm³/mol. The second-order valence-electron chi connectivity index (χ2n) is 8.34. The molecule has 0 spiro atoms. The first kappa shape index (κ1) is 32.8. The number of alkyl halides is 3. The number of amidine groups is 1. The van der Waals surface area contributed by atoms with Crippen LogP contribution >= 0.6 is 34.5 Å². The molecule has 1 aromatic carbocycles. The first-order valence-corrected chi connectivity index (χ1v) is 14.5. The molecule has 16 heteroatoms. The van der Waals surface area contributed by atoms with E-state index >= 15 is 0 Å². The molecule has 1 amide bonds. The molecule has 0 fully saturated rings. The van der Waals surface area contributed by atoms with E-state index < -0.39 is 22.2 Å². The molecule has 0 saturated carbocycles. The summed E-state index contributed by atoms with van der Waals surface area (Å²) < 4.78 is 58.5. The number of hydrogen-bond acceptors (Lipinski definition) is 7. The van der Waals surface area contributed by atoms with Crippen LogP contribution in [0, 0.1) is 0 Å². The average molecular weight is 632 g/mol. The first-order chi connectivity index (χ1) is 18.1. The van der Waals surface area contributed by atoms with Gasteiger partial charge in [-0.15, -0.1) is 11.3 Å². The Hall–Kier alpha value is -2.39. The lowest BCUT2D eigenvalue weighted by Crippen LogP contribution is -2.31. The lowest BCUT2D eigenvalue weighted by Gasteiger charge is -2.19. The number of aliphatic carboxylic acids is 1. The van der Waals surface area contributed by atoms with Crippen molar-refractivity contribution in [1.29, 1.82) is 0 Å². The van der Waals surface area contributed by atoms with Crippen molar-refractivity contribution in [3.05, 3.63) is 50.8 Å². The predicted octanol–water partition coefficient (Wildman–Crippen LogP) is 4.14. The van der Waals surface area contributed by atoms with E-state index in [1.54, 1.807) is 11.9 Å². The summed E-state index contributed by atoms with van der Waals surface area (Å²) in [6, 6.07) is 9.54. The van der Waals surface area contributed by atoms with E-state index in [1.165, 1.54) is 17.4 Å². The molecule has 0 radical (unpaired) electrons. The van der Waals surface area contributed by atoms with Gasteiger partial charge in [-0.3, -0.25) is 9.79 Å². The van der Waals surface area contributed by atoms with Crippen molar-refractivity contribution in [2.75, 3.05) is 40.3 Å². The summed E-state index contributed by atoms with van der Waals surface area (Å²) in [6.07, 6.45) is -3.64. The lowest BCUT2D eigenvalue weighted by atomic mass is 10.1. The number of carbonyl (C=O) groups is 2. The van der Waals surface area contributed by atoms with Crippen molar-refractivity contribution in [3.8, 4) is 0 Å². The average Bonchev–Trinajstić information content (AvgIpc) is 3.53. The Morgan fingerprint density at radius 2 is 1.77 bits per heavy atom. The van der Waals surface area contributed by atoms with Crippen LogP contribution in [0.15, 0.2) is 39.5 Å². The number of sulfonamides is 1. The maximum atomic E-state index is 12.6. The number of rotatable bonds is 10. The Morgan fingerprint density at radius 1 is 1.15 bits per heavy atom. The third-order valence-corrected chi connectivity index (χ3v) is 9.63. The smallest absolute Gasteiger partial charge is 0.475 e. The van der Waals surface area contributed by atoms with Crippen molar-refractivity contribution in [1.82, 2.24) is 14.5 Å². The zero-order valence-corrected chi connectivity index (χ0v) is 24.1. The van der Waals surface area contributed by atoms with E-state index in [1.807, 2.05) is 12.1 Å². The maximum Gasteiger partial charge on any atom is 0.490 e. The number of nitrogens with zero attached hydrogens (tertiary/aromatic N) is 3. The molecule has 0 bridgehead atoms. The Labute approximate surface area is 238 Å². The largest absolute Gasteiger partial charge is 0.490 e. The van der Waals surface area contributed by atoms with Gasteiger partial charge in [0, 0.05) is 45.7 Å². The summed E-state index contributed by atoms with van der Waals surface area (Å²) in [4.78, 5) is 27.4. The number of carboxylic acids is 1. The van der Waals surface area contributed by atoms with Gasteiger partial charge in [-0.05, 0) is 24.5 Å². The molecule has 1 aliphatic rings. The summed E-state index contributed by atoms with van der Waals surface area (Å²) in [5.41, 5.74) is 2.22. The molecule has 0 saturated heterocycles. The number of halogens is 5. The number of benzene rings is 1. The second-order valence-corrected chi connectivity index (χ2v) is 12.7. The van der Waals surface area contributed by atoms with Crippen molar-refractivity contribution in [2.24, 2.45) is 4.99 Å². The van der Waals surface area contributed by atoms with Gasteiger partial charge < -0.3 is 15.3 Å². The van der Waals surface area contributed by atoms with Crippen molar-refractivity contribution < 1.29 is 36.3 Å². The van der Waals surface area contributed by atoms with Crippen LogP contribution in [0.25, 0.3) is 0 Å². The van der Waals surface area contributed by atoms with Gasteiger partial charge in [0.1, 0.15) is 14.4 Å². The number of hydrogen-bond donors (Lipinski definition) is 2. The molecule has 39 heavy (non-hydrogen) atoms. The quantitative estimate of drug-likeness (QED) is 0.407. The fraction of sp³-hybridized carbons (Fsp3) is 0.435. The molecule has 2 heterocycles. The van der Waals surface area contributed by atoms with Crippen LogP contribution in [0.4, 0.5) is 13.2 Å². The van der Waals surface area contributed by atoms with E-state index in [-0.39, 0.29) is 32.4 Å². The number of likely N-dealkylation sites (N-methyl/N-ethyl adjacent to an activating group) is 1. The molecular formula is C23H27Cl2F3N4O5S2. The van der Waals surface area contributed by atoms with Gasteiger partial charge in [-0.1, -0.05) is 47.5 Å². The van der Waals surface area contributed by atoms with E-state index in [9.17, 15) is 26.4 Å². The Morgan fingerprint density at radius 3 is 2.26 bits per heavy atom. The van der Waals surface area contributed by atoms with Gasteiger partial charge in [0.15, 0.2) is 0 Å². The van der Waals surface area contributed by atoms with Crippen LogP contribution in [0.3, 0.4) is 0 Å². The highest BCUT2D eigenvalue weighted by atomic mass is 35.5. The normalized spacial score (nSPS) is 13.4. The standard InChI is InChI=1S/C21H26Cl2N4O3S2.C2HF3O2/c1-26(13-9-15-5-7-16(8-6-15)21-24-10-11-25-21)18(28)4-3-12-27(2)32(29,30)19-14-17(22)20(23)31-19;3-2(4,5)1(6)7/h5-8,14H,3-4,9-13H2,1-2H3,(H,24,25);(H,6,7). The van der Waals surface area contributed by atoms with Gasteiger partial charge in [-0.2, -0.15) is 13.2 Å². The highest BCUT2D eigenvalue weighted by Gasteiger charge is 2.38. The Kier molecular flexibility index (Phi) is 12.0. The molecule has 216 valence electrons. The fourth-order valence-corrected chi connectivity index (χ4v) is 6.52. The lowest BCUT2D eigenvalue weighted by molar-refractivity contribution is -0.192. The summed E-state index contributed by atoms with van der Waals surface area (Å²) >= 11 is 12.7. The molecule has 0 atom stereocenters. The van der Waals surface area contributed by atoms with Crippen LogP contribution in [-0.2, 0) is 26.0 Å². The molecule has 2 N–H and O–H groups in total. The van der Waals surface area contributed by atoms with Crippen LogP contribution in [0.2, 0.25) is 9.36 Å². The highest BCUT2D eigenvalue weighted by molar-refractivity contribution is 7.91. The second kappa shape index (κ2) is 14.3. The molecule has 3 rings (SSSR count). The van der Waals surface area contributed by atoms with E-state index in [0.29, 0.717) is 13.0 Å². The summed E-state index contributed by atoms with van der Waals surface area (Å²) in [5, 5.41) is 10.6. The summed E-state index contributed by atoms with van der Waals surface area (Å²) in [7, 11) is -0.414. The molecule has 9 nitrogen and oxygen atoms in total. The van der Waals surface area contributed by atoms with Crippen molar-refractivity contribution in [2.45, 2.75) is 29.6 Å². The highest BCUT2D eigenvalue weighted by Crippen LogP contribution is 2.35. The SMILES string of the molecule is CN(CCc1ccc(C2=NCCN2)cc1)C(=O)CCCN(C)S(=O)(=O)c1cc(Cl)c(Cl)s1.O=C(O)C(F)(F)F. The third kappa shape index (κ3) is 9.94. The van der Waals surface area contributed by atoms with Crippen molar-refractivity contribution in [3.63, 3.8) is 0 Å². The fourth-order valence-electron chi connectivity index (χ4n) is 3.21. The molecule has 1 aliphatic heterocycles. The maximum absolute atomic E-state index is 12.6. The molecule has 1 aromatic heterocycles. The zero-order chi connectivity index (χ0) is 29.4. The molecule has 2 aromatic rings. The van der Waals surface area contributed by atoms with Crippen LogP contribution < -0.4 is 5.32 Å². The van der Waals surface area contributed by atoms with Crippen LogP contribution in [-0.4, -0.2) is 86.9 Å². The van der Waals surface area contributed by atoms with Gasteiger partial charge in [0.25, 0.3) is 10.0 Å². The van der Waals surface area contributed by atoms with Crippen LogP contribution in [0.5, 0.6) is 0 Å². The van der Waals surface area contributed by atoms with Crippen LogP contribution in [0.1, 0.15) is 24.0 Å². The minimum Gasteiger partial charge on any atom is -0.475 e. The van der Waals surface area contributed by atoms with E-state index in [4.69, 9.17) is 33.1 Å². The minimum absolute atomic E-state index is 0.0147. The molecular weight excluding hydrogens is 604 g/mol. The van der Waals surface area contributed by atoms with Gasteiger partial charge >= 0.3 is 12.1 Å². The number of amides is 1. The minimum atomic E-state index is -5.08. The summed E-state index contributed by atoms with van der Waals surface area (Å²) in [6.45, 7) is 2.51. The number of carbonyl (C=O) groups excluding carboxylic acids is 1. The third-order valence-electron chi connectivity index (χ3n) is 5.46. The Balaban J connectivity index is 0.000000673. The Bertz CT molecular complexity index is 1270. The van der Waals surface area contributed by atoms with Crippen molar-refractivity contribution >= 4 is 62.3 Å². The topological polar surface area (TPSA) is 119 Å². The van der Waals surface area contributed by atoms with Gasteiger partial charge in [0.2, 0.25) is 5.91 Å². The zero-order valence-electron chi connectivity index (χ0n) is 21.0. The van der Waals surface area contributed by atoms with E-state index in [0.717, 1.165) is 47.8 Å². The van der Waals surface area contributed by atoms with E-state index in [2.05, 4.69) is 22.4 Å². The number of thiophene rings is 1. The first-order valence-electron chi connectivity index (χ1n) is 11.5. The summed E-state index contributed by atoms with van der Waals surface area (Å²) in [5.74, 6) is -1.84. The molecule has 0 unspecified atom stereocenters. The number of aliphatic imine (C=N–C) groups is 1. The van der Waals surface area contributed by atoms with Gasteiger partial charge in [0.05, 0.1) is 11.6 Å². The number of nitrogens with one attached hydrogen (secondary N) is 1. The van der Waals surface area contributed by atoms with Gasteiger partial charge in [-0.25, -0.2) is 17.5 Å². The molecule has 0 aliphatic carbocycles.